The van der Waals surface area contributed by atoms with Crippen LogP contribution in [0.1, 0.15) is 41.4 Å². The van der Waals surface area contributed by atoms with Crippen LogP contribution in [-0.2, 0) is 11.2 Å². The lowest BCUT2D eigenvalue weighted by Gasteiger charge is -2.33. The third-order valence-electron chi connectivity index (χ3n) is 4.85. The van der Waals surface area contributed by atoms with Gasteiger partial charge >= 0.3 is 0 Å². The zero-order valence-corrected chi connectivity index (χ0v) is 13.6. The van der Waals surface area contributed by atoms with Crippen molar-refractivity contribution in [1.29, 1.82) is 0 Å². The second-order valence-corrected chi connectivity index (χ2v) is 5.99. The van der Waals surface area contributed by atoms with E-state index in [1.165, 1.54) is 16.7 Å². The van der Waals surface area contributed by atoms with E-state index in [0.29, 0.717) is 12.3 Å². The van der Waals surface area contributed by atoms with Crippen molar-refractivity contribution in [2.45, 2.75) is 31.1 Å². The second-order valence-electron chi connectivity index (χ2n) is 5.99. The highest BCUT2D eigenvalue weighted by molar-refractivity contribution is 5.54. The molecule has 0 heterocycles. The van der Waals surface area contributed by atoms with E-state index in [-0.39, 0.29) is 5.92 Å². The summed E-state index contributed by atoms with van der Waals surface area (Å²) >= 11 is 0. The number of ether oxygens (including phenoxy) is 2. The maximum absolute atomic E-state index is 11.2. The van der Waals surface area contributed by atoms with E-state index in [4.69, 9.17) is 9.47 Å². The molecule has 2 atom stereocenters. The molecule has 2 aromatic rings. The molecule has 0 fully saturated rings. The number of methoxy groups -OCH3 is 2. The molecule has 23 heavy (non-hydrogen) atoms. The molecule has 0 saturated heterocycles. The van der Waals surface area contributed by atoms with E-state index < -0.39 is 0 Å². The average Bonchev–Trinajstić information content (AvgIpc) is 2.62. The normalized spacial score (nSPS) is 19.7. The van der Waals surface area contributed by atoms with Crippen LogP contribution in [0.4, 0.5) is 0 Å². The van der Waals surface area contributed by atoms with Gasteiger partial charge in [0, 0.05) is 6.42 Å². The van der Waals surface area contributed by atoms with Gasteiger partial charge in [0.15, 0.2) is 0 Å². The van der Waals surface area contributed by atoms with Crippen molar-refractivity contribution in [2.24, 2.45) is 0 Å². The second kappa shape index (κ2) is 6.86. The molecule has 120 valence electrons. The summed E-state index contributed by atoms with van der Waals surface area (Å²) in [4.78, 5) is 11.2. The van der Waals surface area contributed by atoms with E-state index in [9.17, 15) is 4.79 Å². The predicted octanol–water partition coefficient (Wildman–Crippen LogP) is 4.11. The maximum atomic E-state index is 11.2. The molecule has 0 N–H and O–H groups in total. The topological polar surface area (TPSA) is 35.5 Å². The number of carbonyl (C=O) groups excluding carboxylic acids is 1. The lowest BCUT2D eigenvalue weighted by atomic mass is 9.71. The number of benzene rings is 2. The lowest BCUT2D eigenvalue weighted by molar-refractivity contribution is -0.108. The fourth-order valence-electron chi connectivity index (χ4n) is 3.66. The van der Waals surface area contributed by atoms with Gasteiger partial charge in [-0.05, 0) is 65.6 Å². The largest absolute Gasteiger partial charge is 0.497 e. The van der Waals surface area contributed by atoms with E-state index in [2.05, 4.69) is 24.3 Å². The predicted molar refractivity (Wildman–Crippen MR) is 90.5 cm³/mol. The summed E-state index contributed by atoms with van der Waals surface area (Å²) in [5.74, 6) is 2.35. The van der Waals surface area contributed by atoms with Gasteiger partial charge in [0.1, 0.15) is 17.8 Å². The number of fused-ring (bicyclic) bond motifs is 1. The summed E-state index contributed by atoms with van der Waals surface area (Å²) in [6.45, 7) is 0. The summed E-state index contributed by atoms with van der Waals surface area (Å²) in [6, 6.07) is 14.5. The van der Waals surface area contributed by atoms with Crippen molar-refractivity contribution >= 4 is 6.29 Å². The molecule has 2 unspecified atom stereocenters. The number of rotatable bonds is 5. The average molecular weight is 310 g/mol. The van der Waals surface area contributed by atoms with Crippen molar-refractivity contribution < 1.29 is 14.3 Å². The van der Waals surface area contributed by atoms with Crippen LogP contribution in [0.25, 0.3) is 0 Å². The Morgan fingerprint density at radius 1 is 1.04 bits per heavy atom. The molecule has 0 aliphatic heterocycles. The zero-order chi connectivity index (χ0) is 16.2. The third-order valence-corrected chi connectivity index (χ3v) is 4.85. The highest BCUT2D eigenvalue weighted by Crippen LogP contribution is 2.45. The molecule has 3 heteroatoms. The molecule has 0 saturated carbocycles. The Balaban J connectivity index is 1.95. The first kappa shape index (κ1) is 15.6. The van der Waals surface area contributed by atoms with Crippen LogP contribution in [0.3, 0.4) is 0 Å². The first-order valence-electron chi connectivity index (χ1n) is 8.01. The highest BCUT2D eigenvalue weighted by atomic mass is 16.5. The molecule has 3 nitrogen and oxygen atoms in total. The summed E-state index contributed by atoms with van der Waals surface area (Å²) in [5.41, 5.74) is 3.87. The number of hydrogen-bond donors (Lipinski definition) is 0. The fourth-order valence-corrected chi connectivity index (χ4v) is 3.66. The molecule has 1 aliphatic rings. The minimum Gasteiger partial charge on any atom is -0.497 e. The Morgan fingerprint density at radius 2 is 1.74 bits per heavy atom. The Morgan fingerprint density at radius 3 is 2.39 bits per heavy atom. The summed E-state index contributed by atoms with van der Waals surface area (Å²) in [5, 5.41) is 0. The Labute approximate surface area is 137 Å². The molecule has 0 spiro atoms. The van der Waals surface area contributed by atoms with Gasteiger partial charge in [-0.3, -0.25) is 0 Å². The summed E-state index contributed by atoms with van der Waals surface area (Å²) in [6.07, 6.45) is 3.65. The SMILES string of the molecule is COc1ccc(C2CCc3cc(OC)ccc3C2CC=O)cc1. The van der Waals surface area contributed by atoms with Gasteiger partial charge in [0.2, 0.25) is 0 Å². The van der Waals surface area contributed by atoms with Crippen molar-refractivity contribution in [3.63, 3.8) is 0 Å². The number of carbonyl (C=O) groups is 1. The Kier molecular flexibility index (Phi) is 4.65. The first-order chi connectivity index (χ1) is 11.3. The quantitative estimate of drug-likeness (QED) is 0.780. The van der Waals surface area contributed by atoms with E-state index in [0.717, 1.165) is 30.6 Å². The van der Waals surface area contributed by atoms with Gasteiger partial charge < -0.3 is 14.3 Å². The van der Waals surface area contributed by atoms with Gasteiger partial charge in [-0.1, -0.05) is 18.2 Å². The molecule has 0 amide bonds. The fraction of sp³-hybridized carbons (Fsp3) is 0.350. The Hall–Kier alpha value is -2.29. The van der Waals surface area contributed by atoms with E-state index in [1.807, 2.05) is 18.2 Å². The van der Waals surface area contributed by atoms with Crippen molar-refractivity contribution in [3.05, 3.63) is 59.2 Å². The van der Waals surface area contributed by atoms with Gasteiger partial charge in [-0.15, -0.1) is 0 Å². The van der Waals surface area contributed by atoms with Crippen LogP contribution in [0.5, 0.6) is 11.5 Å². The lowest BCUT2D eigenvalue weighted by Crippen LogP contribution is -2.20. The smallest absolute Gasteiger partial charge is 0.120 e. The van der Waals surface area contributed by atoms with Crippen molar-refractivity contribution in [3.8, 4) is 11.5 Å². The molecule has 2 aromatic carbocycles. The van der Waals surface area contributed by atoms with Crippen LogP contribution >= 0.6 is 0 Å². The molecule has 1 aliphatic carbocycles. The minimum absolute atomic E-state index is 0.232. The van der Waals surface area contributed by atoms with Gasteiger partial charge in [0.05, 0.1) is 14.2 Å². The molecule has 3 rings (SSSR count). The van der Waals surface area contributed by atoms with Gasteiger partial charge in [-0.25, -0.2) is 0 Å². The standard InChI is InChI=1S/C20H22O3/c1-22-16-6-3-14(4-7-16)18-9-5-15-13-17(23-2)8-10-19(15)20(18)11-12-21/h3-4,6-8,10,12-13,18,20H,5,9,11H2,1-2H3. The summed E-state index contributed by atoms with van der Waals surface area (Å²) < 4.78 is 10.6. The molecule has 0 radical (unpaired) electrons. The third kappa shape index (κ3) is 3.09. The molecule has 0 aromatic heterocycles. The molecule has 0 bridgehead atoms. The van der Waals surface area contributed by atoms with Crippen molar-refractivity contribution in [2.75, 3.05) is 14.2 Å². The van der Waals surface area contributed by atoms with E-state index >= 15 is 0 Å². The van der Waals surface area contributed by atoms with Gasteiger partial charge in [0.25, 0.3) is 0 Å². The molecular weight excluding hydrogens is 288 g/mol. The van der Waals surface area contributed by atoms with Gasteiger partial charge in [-0.2, -0.15) is 0 Å². The Bertz CT molecular complexity index is 676. The van der Waals surface area contributed by atoms with Crippen LogP contribution < -0.4 is 9.47 Å². The minimum atomic E-state index is 0.232. The zero-order valence-electron chi connectivity index (χ0n) is 13.6. The molecular formula is C20H22O3. The van der Waals surface area contributed by atoms with Crippen LogP contribution in [0.2, 0.25) is 0 Å². The monoisotopic (exact) mass is 310 g/mol. The van der Waals surface area contributed by atoms with Crippen LogP contribution in [0, 0.1) is 0 Å². The van der Waals surface area contributed by atoms with Crippen LogP contribution in [-0.4, -0.2) is 20.5 Å². The highest BCUT2D eigenvalue weighted by Gasteiger charge is 2.30. The number of hydrogen-bond acceptors (Lipinski definition) is 3. The van der Waals surface area contributed by atoms with E-state index in [1.54, 1.807) is 14.2 Å². The summed E-state index contributed by atoms with van der Waals surface area (Å²) in [7, 11) is 3.36. The van der Waals surface area contributed by atoms with Crippen LogP contribution in [0.15, 0.2) is 42.5 Å². The number of aldehydes is 1. The maximum Gasteiger partial charge on any atom is 0.120 e. The number of aryl methyl sites for hydroxylation is 1. The first-order valence-corrected chi connectivity index (χ1v) is 8.01. The van der Waals surface area contributed by atoms with Crippen molar-refractivity contribution in [1.82, 2.24) is 0 Å².